The zero-order valence-corrected chi connectivity index (χ0v) is 14.7. The summed E-state index contributed by atoms with van der Waals surface area (Å²) in [7, 11) is 1.78. The topological polar surface area (TPSA) is 40.6 Å². The molecular weight excluding hydrogens is 320 g/mol. The van der Waals surface area contributed by atoms with Gasteiger partial charge in [-0.2, -0.15) is 0 Å². The van der Waals surface area contributed by atoms with Gasteiger partial charge >= 0.3 is 0 Å². The fraction of sp³-hybridized carbons (Fsp3) is 0.263. The lowest BCUT2D eigenvalue weighted by Gasteiger charge is -2.30. The third-order valence-corrected chi connectivity index (χ3v) is 5.24. The van der Waals surface area contributed by atoms with Crippen molar-refractivity contribution in [2.75, 3.05) is 24.2 Å². The first-order valence-electron chi connectivity index (χ1n) is 7.87. The zero-order chi connectivity index (χ0) is 17.1. The first-order chi connectivity index (χ1) is 11.6. The van der Waals surface area contributed by atoms with Gasteiger partial charge in [0, 0.05) is 18.5 Å². The van der Waals surface area contributed by atoms with Crippen LogP contribution >= 0.6 is 11.8 Å². The molecular formula is C19H20N2O2S. The molecule has 1 aliphatic rings. The maximum absolute atomic E-state index is 12.6. The van der Waals surface area contributed by atoms with Crippen LogP contribution in [-0.4, -0.2) is 36.1 Å². The van der Waals surface area contributed by atoms with Crippen molar-refractivity contribution in [2.45, 2.75) is 18.4 Å². The van der Waals surface area contributed by atoms with Gasteiger partial charge in [0.1, 0.15) is 6.54 Å². The van der Waals surface area contributed by atoms with Crippen LogP contribution in [-0.2, 0) is 16.1 Å². The highest BCUT2D eigenvalue weighted by atomic mass is 32.2. The van der Waals surface area contributed by atoms with Crippen molar-refractivity contribution in [3.63, 3.8) is 0 Å². The molecule has 2 aromatic carbocycles. The number of amides is 2. The van der Waals surface area contributed by atoms with Gasteiger partial charge in [-0.15, -0.1) is 11.8 Å². The molecule has 3 rings (SSSR count). The Hall–Kier alpha value is -2.27. The Morgan fingerprint density at radius 3 is 2.67 bits per heavy atom. The molecule has 0 spiro atoms. The summed E-state index contributed by atoms with van der Waals surface area (Å²) in [6.07, 6.45) is 0. The molecule has 0 radical (unpaired) electrons. The van der Waals surface area contributed by atoms with E-state index in [0.717, 1.165) is 21.7 Å². The van der Waals surface area contributed by atoms with Crippen LogP contribution in [0.4, 0.5) is 5.69 Å². The average Bonchev–Trinajstić information content (AvgIpc) is 2.59. The quantitative estimate of drug-likeness (QED) is 0.859. The summed E-state index contributed by atoms with van der Waals surface area (Å²) in [5.41, 5.74) is 3.11. The van der Waals surface area contributed by atoms with E-state index >= 15 is 0 Å². The fourth-order valence-corrected chi connectivity index (χ4v) is 3.65. The smallest absolute Gasteiger partial charge is 0.242 e. The molecule has 0 unspecified atom stereocenters. The number of para-hydroxylation sites is 1. The summed E-state index contributed by atoms with van der Waals surface area (Å²) in [5.74, 6) is 0.302. The van der Waals surface area contributed by atoms with Gasteiger partial charge in [-0.25, -0.2) is 0 Å². The van der Waals surface area contributed by atoms with Gasteiger partial charge < -0.3 is 9.80 Å². The number of benzene rings is 2. The molecule has 0 atom stereocenters. The van der Waals surface area contributed by atoms with E-state index in [1.165, 1.54) is 11.8 Å². The first kappa shape index (κ1) is 16.6. The Balaban J connectivity index is 1.72. The second-order valence-electron chi connectivity index (χ2n) is 5.91. The molecule has 2 aromatic rings. The van der Waals surface area contributed by atoms with E-state index in [1.807, 2.05) is 55.5 Å². The van der Waals surface area contributed by atoms with Gasteiger partial charge in [-0.1, -0.05) is 36.4 Å². The average molecular weight is 340 g/mol. The first-order valence-corrected chi connectivity index (χ1v) is 8.85. The molecule has 0 N–H and O–H groups in total. The lowest BCUT2D eigenvalue weighted by molar-refractivity contribution is -0.130. The van der Waals surface area contributed by atoms with Gasteiger partial charge in [0.2, 0.25) is 11.8 Å². The molecule has 0 aliphatic carbocycles. The van der Waals surface area contributed by atoms with Crippen LogP contribution in [0.15, 0.2) is 53.4 Å². The summed E-state index contributed by atoms with van der Waals surface area (Å²) in [4.78, 5) is 29.2. The van der Waals surface area contributed by atoms with E-state index in [-0.39, 0.29) is 18.4 Å². The van der Waals surface area contributed by atoms with Crippen molar-refractivity contribution < 1.29 is 9.59 Å². The number of anilines is 1. The minimum Gasteiger partial charge on any atom is -0.340 e. The van der Waals surface area contributed by atoms with E-state index in [4.69, 9.17) is 0 Å². The summed E-state index contributed by atoms with van der Waals surface area (Å²) < 4.78 is 0. The van der Waals surface area contributed by atoms with Gasteiger partial charge in [0.15, 0.2) is 0 Å². The van der Waals surface area contributed by atoms with E-state index in [0.29, 0.717) is 12.3 Å². The Kier molecular flexibility index (Phi) is 4.90. The molecule has 0 saturated carbocycles. The number of likely N-dealkylation sites (N-methyl/N-ethyl adjacent to an activating group) is 1. The molecule has 4 nitrogen and oxygen atoms in total. The number of carbonyl (C=O) groups excluding carboxylic acids is 2. The number of rotatable bonds is 4. The van der Waals surface area contributed by atoms with Crippen LogP contribution in [0.5, 0.6) is 0 Å². The maximum Gasteiger partial charge on any atom is 0.242 e. The summed E-state index contributed by atoms with van der Waals surface area (Å²) in [5, 5.41) is 0. The molecule has 5 heteroatoms. The summed E-state index contributed by atoms with van der Waals surface area (Å²) in [6, 6.07) is 15.8. The Labute approximate surface area is 146 Å². The predicted molar refractivity (Wildman–Crippen MR) is 97.2 cm³/mol. The molecule has 0 fully saturated rings. The Morgan fingerprint density at radius 1 is 1.17 bits per heavy atom. The second-order valence-corrected chi connectivity index (χ2v) is 6.93. The summed E-state index contributed by atoms with van der Waals surface area (Å²) >= 11 is 1.52. The Bertz CT molecular complexity index is 775. The largest absolute Gasteiger partial charge is 0.340 e. The molecule has 0 saturated heterocycles. The van der Waals surface area contributed by atoms with Crippen LogP contribution in [0.3, 0.4) is 0 Å². The monoisotopic (exact) mass is 340 g/mol. The van der Waals surface area contributed by atoms with E-state index in [9.17, 15) is 9.59 Å². The number of hydrogen-bond acceptors (Lipinski definition) is 3. The minimum absolute atomic E-state index is 0.0173. The zero-order valence-electron chi connectivity index (χ0n) is 13.9. The van der Waals surface area contributed by atoms with Crippen molar-refractivity contribution in [2.24, 2.45) is 0 Å². The maximum atomic E-state index is 12.6. The molecule has 0 aromatic heterocycles. The lowest BCUT2D eigenvalue weighted by atomic mass is 10.1. The van der Waals surface area contributed by atoms with Gasteiger partial charge in [0.25, 0.3) is 0 Å². The third kappa shape index (κ3) is 3.46. The number of carbonyl (C=O) groups is 2. The molecule has 1 aliphatic heterocycles. The van der Waals surface area contributed by atoms with Crippen molar-refractivity contribution >= 4 is 29.3 Å². The summed E-state index contributed by atoms with van der Waals surface area (Å²) in [6.45, 7) is 2.66. The van der Waals surface area contributed by atoms with Crippen LogP contribution in [0.25, 0.3) is 0 Å². The SMILES string of the molecule is Cc1ccccc1CN(C)C(=O)CN1C(=O)CSc2ccccc21. The number of hydrogen-bond donors (Lipinski definition) is 0. The van der Waals surface area contributed by atoms with E-state index in [1.54, 1.807) is 16.8 Å². The normalized spacial score (nSPS) is 13.6. The Morgan fingerprint density at radius 2 is 1.88 bits per heavy atom. The van der Waals surface area contributed by atoms with E-state index in [2.05, 4.69) is 0 Å². The van der Waals surface area contributed by atoms with Crippen LogP contribution < -0.4 is 4.90 Å². The standard InChI is InChI=1S/C19H20N2O2S/c1-14-7-3-4-8-15(14)11-20(2)18(22)12-21-16-9-5-6-10-17(16)24-13-19(21)23/h3-10H,11-13H2,1-2H3. The highest BCUT2D eigenvalue weighted by Gasteiger charge is 2.27. The van der Waals surface area contributed by atoms with Crippen molar-refractivity contribution in [1.82, 2.24) is 4.90 Å². The number of nitrogens with zero attached hydrogens (tertiary/aromatic N) is 2. The highest BCUT2D eigenvalue weighted by Crippen LogP contribution is 2.34. The van der Waals surface area contributed by atoms with Gasteiger partial charge in [0.05, 0.1) is 11.4 Å². The van der Waals surface area contributed by atoms with Crippen LogP contribution in [0.1, 0.15) is 11.1 Å². The van der Waals surface area contributed by atoms with Crippen molar-refractivity contribution in [3.8, 4) is 0 Å². The molecule has 24 heavy (non-hydrogen) atoms. The fourth-order valence-electron chi connectivity index (χ4n) is 2.71. The molecule has 2 amide bonds. The number of fused-ring (bicyclic) bond motifs is 1. The molecule has 124 valence electrons. The number of thioether (sulfide) groups is 1. The third-order valence-electron chi connectivity index (χ3n) is 4.20. The highest BCUT2D eigenvalue weighted by molar-refractivity contribution is 8.00. The predicted octanol–water partition coefficient (Wildman–Crippen LogP) is 3.09. The number of aryl methyl sites for hydroxylation is 1. The molecule has 0 bridgehead atoms. The van der Waals surface area contributed by atoms with Crippen LogP contribution in [0, 0.1) is 6.92 Å². The second kappa shape index (κ2) is 7.09. The van der Waals surface area contributed by atoms with Crippen molar-refractivity contribution in [1.29, 1.82) is 0 Å². The van der Waals surface area contributed by atoms with Gasteiger partial charge in [-0.05, 0) is 30.2 Å². The van der Waals surface area contributed by atoms with E-state index < -0.39 is 0 Å². The molecule has 1 heterocycles. The van der Waals surface area contributed by atoms with Gasteiger partial charge in [-0.3, -0.25) is 9.59 Å². The van der Waals surface area contributed by atoms with Crippen LogP contribution in [0.2, 0.25) is 0 Å². The minimum atomic E-state index is -0.0618. The lowest BCUT2D eigenvalue weighted by Crippen LogP contribution is -2.43. The van der Waals surface area contributed by atoms with Crippen molar-refractivity contribution in [3.05, 3.63) is 59.7 Å².